The van der Waals surface area contributed by atoms with Gasteiger partial charge in [-0.3, -0.25) is 9.59 Å². The molecule has 0 aliphatic rings. The maximum atomic E-state index is 13.6. The fraction of sp³-hybridized carbons (Fsp3) is 0.286. The molecule has 2 rings (SSSR count). The number of rotatable bonds is 6. The predicted octanol–water partition coefficient (Wildman–Crippen LogP) is 1.17. The number of amides is 2. The van der Waals surface area contributed by atoms with E-state index in [1.54, 1.807) is 26.2 Å². The lowest BCUT2D eigenvalue weighted by atomic mass is 10.2. The first-order valence-electron chi connectivity index (χ1n) is 6.65. The fourth-order valence-electron chi connectivity index (χ4n) is 1.52. The number of hydrogen-bond donors (Lipinski definition) is 1. The Morgan fingerprint density at radius 3 is 2.74 bits per heavy atom. The van der Waals surface area contributed by atoms with E-state index in [0.29, 0.717) is 0 Å². The Kier molecular flexibility index (Phi) is 5.69. The summed E-state index contributed by atoms with van der Waals surface area (Å²) in [5, 5.41) is 10.1. The Labute approximate surface area is 136 Å². The van der Waals surface area contributed by atoms with Crippen molar-refractivity contribution in [3.63, 3.8) is 0 Å². The Morgan fingerprint density at radius 2 is 2.04 bits per heavy atom. The molecule has 23 heavy (non-hydrogen) atoms. The van der Waals surface area contributed by atoms with Crippen molar-refractivity contribution in [3.8, 4) is 11.5 Å². The maximum absolute atomic E-state index is 13.6. The van der Waals surface area contributed by atoms with E-state index >= 15 is 0 Å². The summed E-state index contributed by atoms with van der Waals surface area (Å²) in [7, 11) is 3.21. The van der Waals surface area contributed by atoms with E-state index in [0.717, 1.165) is 11.8 Å². The first kappa shape index (κ1) is 16.9. The lowest BCUT2D eigenvalue weighted by molar-refractivity contribution is -0.130. The highest BCUT2D eigenvalue weighted by atomic mass is 32.2. The molecule has 0 radical (unpaired) electrons. The van der Waals surface area contributed by atoms with Gasteiger partial charge in [-0.15, -0.1) is 10.2 Å². The smallest absolute Gasteiger partial charge is 0.277 e. The molecule has 2 aromatic rings. The van der Waals surface area contributed by atoms with Crippen molar-refractivity contribution in [1.82, 2.24) is 20.4 Å². The number of carbonyl (C=O) groups excluding carboxylic acids is 2. The predicted molar refractivity (Wildman–Crippen MR) is 82.1 cm³/mol. The number of aromatic nitrogens is 2. The summed E-state index contributed by atoms with van der Waals surface area (Å²) in [4.78, 5) is 24.3. The fourth-order valence-corrected chi connectivity index (χ4v) is 2.12. The molecular formula is C14H15FN4O3S. The van der Waals surface area contributed by atoms with Gasteiger partial charge in [0.15, 0.2) is 0 Å². The first-order chi connectivity index (χ1) is 11.0. The molecule has 0 aliphatic carbocycles. The summed E-state index contributed by atoms with van der Waals surface area (Å²) in [6, 6.07) is 6.03. The highest BCUT2D eigenvalue weighted by Gasteiger charge is 2.14. The highest BCUT2D eigenvalue weighted by molar-refractivity contribution is 7.99. The lowest BCUT2D eigenvalue weighted by Gasteiger charge is -2.10. The lowest BCUT2D eigenvalue weighted by Crippen LogP contribution is -2.36. The summed E-state index contributed by atoms with van der Waals surface area (Å²) in [5.74, 6) is -0.945. The number of likely N-dealkylation sites (N-methyl/N-ethyl adjacent to an activating group) is 1. The number of hydrogen-bond acceptors (Lipinski definition) is 6. The van der Waals surface area contributed by atoms with Gasteiger partial charge in [0.25, 0.3) is 11.1 Å². The van der Waals surface area contributed by atoms with E-state index in [9.17, 15) is 14.0 Å². The van der Waals surface area contributed by atoms with Gasteiger partial charge in [-0.05, 0) is 12.1 Å². The zero-order valence-corrected chi connectivity index (χ0v) is 13.4. The van der Waals surface area contributed by atoms with Crippen LogP contribution in [0.5, 0.6) is 0 Å². The largest absolute Gasteiger partial charge is 0.411 e. The van der Waals surface area contributed by atoms with Crippen LogP contribution >= 0.6 is 11.8 Å². The minimum absolute atomic E-state index is 0.0135. The summed E-state index contributed by atoms with van der Waals surface area (Å²) in [6.07, 6.45) is 0. The zero-order valence-electron chi connectivity index (χ0n) is 12.6. The average Bonchev–Trinajstić information content (AvgIpc) is 2.99. The molecule has 0 fully saturated rings. The summed E-state index contributed by atoms with van der Waals surface area (Å²) in [6.45, 7) is -0.0727. The van der Waals surface area contributed by atoms with Crippen molar-refractivity contribution in [1.29, 1.82) is 0 Å². The van der Waals surface area contributed by atoms with Crippen LogP contribution in [0.1, 0.15) is 0 Å². The third kappa shape index (κ3) is 4.78. The molecule has 1 aromatic carbocycles. The van der Waals surface area contributed by atoms with Gasteiger partial charge < -0.3 is 14.6 Å². The molecule has 122 valence electrons. The Balaban J connectivity index is 1.87. The Bertz CT molecular complexity index is 705. The number of benzene rings is 1. The van der Waals surface area contributed by atoms with E-state index in [1.165, 1.54) is 17.0 Å². The molecule has 1 heterocycles. The first-order valence-corrected chi connectivity index (χ1v) is 7.64. The van der Waals surface area contributed by atoms with Crippen LogP contribution in [0.3, 0.4) is 0 Å². The van der Waals surface area contributed by atoms with Gasteiger partial charge in [-0.2, -0.15) is 0 Å². The molecule has 0 atom stereocenters. The van der Waals surface area contributed by atoms with Crippen LogP contribution in [0.2, 0.25) is 0 Å². The van der Waals surface area contributed by atoms with Crippen molar-refractivity contribution < 1.29 is 18.4 Å². The minimum Gasteiger partial charge on any atom is -0.411 e. The van der Waals surface area contributed by atoms with Crippen molar-refractivity contribution in [2.45, 2.75) is 5.22 Å². The zero-order chi connectivity index (χ0) is 16.8. The van der Waals surface area contributed by atoms with Gasteiger partial charge in [-0.25, -0.2) is 4.39 Å². The normalized spacial score (nSPS) is 10.4. The number of thioether (sulfide) groups is 1. The number of nitrogens with zero attached hydrogens (tertiary/aromatic N) is 3. The van der Waals surface area contributed by atoms with Crippen molar-refractivity contribution in [3.05, 3.63) is 30.1 Å². The standard InChI is InChI=1S/C14H15FN4O3S/c1-19(2)12(21)7-16-11(20)8-23-14-18-17-13(22-14)9-5-3-4-6-10(9)15/h3-6H,7-8H2,1-2H3,(H,16,20). The van der Waals surface area contributed by atoms with Gasteiger partial charge in [0.2, 0.25) is 11.8 Å². The summed E-state index contributed by atoms with van der Waals surface area (Å²) >= 11 is 1.01. The molecule has 0 spiro atoms. The van der Waals surface area contributed by atoms with Gasteiger partial charge >= 0.3 is 0 Å². The highest BCUT2D eigenvalue weighted by Crippen LogP contribution is 2.24. The van der Waals surface area contributed by atoms with Crippen molar-refractivity contribution >= 4 is 23.6 Å². The second-order valence-electron chi connectivity index (χ2n) is 4.71. The van der Waals surface area contributed by atoms with Crippen LogP contribution in [-0.4, -0.2) is 53.3 Å². The molecule has 9 heteroatoms. The summed E-state index contributed by atoms with van der Waals surface area (Å²) < 4.78 is 18.9. The number of halogens is 1. The molecular weight excluding hydrogens is 323 g/mol. The van der Waals surface area contributed by atoms with Crippen molar-refractivity contribution in [2.24, 2.45) is 0 Å². The molecule has 0 unspecified atom stereocenters. The van der Waals surface area contributed by atoms with E-state index in [-0.39, 0.29) is 40.8 Å². The Hall–Kier alpha value is -2.42. The minimum atomic E-state index is -0.465. The van der Waals surface area contributed by atoms with Gasteiger partial charge in [0.05, 0.1) is 17.9 Å². The molecule has 2 amide bonds. The molecule has 0 saturated carbocycles. The number of nitrogens with one attached hydrogen (secondary N) is 1. The van der Waals surface area contributed by atoms with E-state index in [1.807, 2.05) is 0 Å². The second-order valence-corrected chi connectivity index (χ2v) is 5.63. The van der Waals surface area contributed by atoms with Crippen LogP contribution in [0, 0.1) is 5.82 Å². The molecule has 1 N–H and O–H groups in total. The summed E-state index contributed by atoms with van der Waals surface area (Å²) in [5.41, 5.74) is 0.202. The topological polar surface area (TPSA) is 88.3 Å². The maximum Gasteiger partial charge on any atom is 0.277 e. The van der Waals surface area contributed by atoms with Crippen LogP contribution in [0.15, 0.2) is 33.9 Å². The molecule has 0 aliphatic heterocycles. The number of carbonyl (C=O) groups is 2. The van der Waals surface area contributed by atoms with Crippen LogP contribution in [-0.2, 0) is 9.59 Å². The van der Waals surface area contributed by atoms with E-state index < -0.39 is 5.82 Å². The second kappa shape index (κ2) is 7.73. The third-order valence-electron chi connectivity index (χ3n) is 2.77. The monoisotopic (exact) mass is 338 g/mol. The third-order valence-corrected chi connectivity index (χ3v) is 3.59. The van der Waals surface area contributed by atoms with Crippen LogP contribution in [0.25, 0.3) is 11.5 Å². The van der Waals surface area contributed by atoms with Gasteiger partial charge in [0, 0.05) is 14.1 Å². The molecule has 1 aromatic heterocycles. The average molecular weight is 338 g/mol. The SMILES string of the molecule is CN(C)C(=O)CNC(=O)CSc1nnc(-c2ccccc2F)o1. The van der Waals surface area contributed by atoms with E-state index in [4.69, 9.17) is 4.42 Å². The van der Waals surface area contributed by atoms with Crippen molar-refractivity contribution in [2.75, 3.05) is 26.4 Å². The van der Waals surface area contributed by atoms with Crippen LogP contribution in [0.4, 0.5) is 4.39 Å². The van der Waals surface area contributed by atoms with Crippen LogP contribution < -0.4 is 5.32 Å². The quantitative estimate of drug-likeness (QED) is 0.796. The van der Waals surface area contributed by atoms with Gasteiger partial charge in [0.1, 0.15) is 5.82 Å². The van der Waals surface area contributed by atoms with Gasteiger partial charge in [-0.1, -0.05) is 23.9 Å². The van der Waals surface area contributed by atoms with E-state index in [2.05, 4.69) is 15.5 Å². The molecule has 0 saturated heterocycles. The molecule has 0 bridgehead atoms. The molecule has 7 nitrogen and oxygen atoms in total. The Morgan fingerprint density at radius 1 is 1.30 bits per heavy atom.